The van der Waals surface area contributed by atoms with Crippen molar-refractivity contribution >= 4 is 15.7 Å². The largest absolute Gasteiger partial charge is 0.396 e. The fourth-order valence-corrected chi connectivity index (χ4v) is 4.14. The average Bonchev–Trinajstić information content (AvgIpc) is 2.32. The molecule has 0 aromatic heterocycles. The van der Waals surface area contributed by atoms with Crippen LogP contribution in [0.4, 0.5) is 10.1 Å². The fraction of sp³-hybridized carbons (Fsp3) is 0.538. The van der Waals surface area contributed by atoms with Crippen molar-refractivity contribution in [2.24, 2.45) is 0 Å². The minimum absolute atomic E-state index is 0.100. The van der Waals surface area contributed by atoms with Crippen LogP contribution < -0.4 is 5.73 Å². The number of rotatable bonds is 5. The molecule has 6 heteroatoms. The minimum Gasteiger partial charge on any atom is -0.396 e. The summed E-state index contributed by atoms with van der Waals surface area (Å²) in [6.07, 6.45) is 0.724. The molecular weight excluding hydrogens is 267 g/mol. The molecule has 0 fully saturated rings. The smallest absolute Gasteiger partial charge is 0.243 e. The van der Waals surface area contributed by atoms with Gasteiger partial charge in [-0.05, 0) is 37.5 Å². The fourth-order valence-electron chi connectivity index (χ4n) is 2.15. The third kappa shape index (κ3) is 2.90. The number of hydrogen-bond acceptors (Lipinski definition) is 3. The Morgan fingerprint density at radius 1 is 1.32 bits per heavy atom. The highest BCUT2D eigenvalue weighted by Crippen LogP contribution is 2.29. The van der Waals surface area contributed by atoms with E-state index in [1.165, 1.54) is 17.3 Å². The molecule has 1 rings (SSSR count). The third-order valence-electron chi connectivity index (χ3n) is 3.13. The lowest BCUT2D eigenvalue weighted by Gasteiger charge is -2.23. The number of anilines is 1. The zero-order valence-electron chi connectivity index (χ0n) is 11.8. The number of benzene rings is 1. The van der Waals surface area contributed by atoms with Crippen molar-refractivity contribution in [3.8, 4) is 0 Å². The van der Waals surface area contributed by atoms with Crippen molar-refractivity contribution in [1.82, 2.24) is 4.31 Å². The second-order valence-electron chi connectivity index (χ2n) is 4.54. The molecule has 4 nitrogen and oxygen atoms in total. The van der Waals surface area contributed by atoms with Gasteiger partial charge in [0.15, 0.2) is 0 Å². The predicted octanol–water partition coefficient (Wildman–Crippen LogP) is 2.45. The number of hydrogen-bond donors (Lipinski definition) is 1. The lowest BCUT2D eigenvalue weighted by atomic mass is 10.1. The van der Waals surface area contributed by atoms with Gasteiger partial charge >= 0.3 is 0 Å². The monoisotopic (exact) mass is 288 g/mol. The lowest BCUT2D eigenvalue weighted by Crippen LogP contribution is -2.32. The van der Waals surface area contributed by atoms with Gasteiger partial charge in [-0.25, -0.2) is 12.8 Å². The second-order valence-corrected chi connectivity index (χ2v) is 6.41. The van der Waals surface area contributed by atoms with Gasteiger partial charge in [0.25, 0.3) is 0 Å². The number of aryl methyl sites for hydroxylation is 1. The molecular formula is C13H21FN2O2S. The van der Waals surface area contributed by atoms with Crippen molar-refractivity contribution in [2.75, 3.05) is 18.8 Å². The summed E-state index contributed by atoms with van der Waals surface area (Å²) in [6, 6.07) is 1.18. The molecule has 0 atom stereocenters. The Balaban J connectivity index is 3.49. The van der Waals surface area contributed by atoms with Gasteiger partial charge in [0.1, 0.15) is 5.82 Å². The van der Waals surface area contributed by atoms with Crippen molar-refractivity contribution < 1.29 is 12.8 Å². The molecule has 2 N–H and O–H groups in total. The van der Waals surface area contributed by atoms with Gasteiger partial charge in [0, 0.05) is 13.1 Å². The van der Waals surface area contributed by atoms with Crippen molar-refractivity contribution in [3.05, 3.63) is 23.0 Å². The Kier molecular flexibility index (Phi) is 4.92. The van der Waals surface area contributed by atoms with Crippen LogP contribution in [0.2, 0.25) is 0 Å². The number of sulfonamides is 1. The normalized spacial score (nSPS) is 12.1. The predicted molar refractivity (Wildman–Crippen MR) is 75.0 cm³/mol. The first kappa shape index (κ1) is 15.9. The zero-order chi connectivity index (χ0) is 14.8. The van der Waals surface area contributed by atoms with Crippen LogP contribution in [0, 0.1) is 19.7 Å². The highest BCUT2D eigenvalue weighted by atomic mass is 32.2. The summed E-state index contributed by atoms with van der Waals surface area (Å²) in [5.41, 5.74) is 6.18. The molecule has 1 aromatic rings. The first-order valence-electron chi connectivity index (χ1n) is 6.32. The highest BCUT2D eigenvalue weighted by Gasteiger charge is 2.27. The van der Waals surface area contributed by atoms with Gasteiger partial charge in [-0.2, -0.15) is 4.31 Å². The van der Waals surface area contributed by atoms with E-state index < -0.39 is 15.8 Å². The maximum Gasteiger partial charge on any atom is 0.243 e. The molecule has 0 spiro atoms. The Morgan fingerprint density at radius 3 is 2.37 bits per heavy atom. The maximum atomic E-state index is 13.5. The van der Waals surface area contributed by atoms with Gasteiger partial charge < -0.3 is 5.73 Å². The first-order chi connectivity index (χ1) is 8.77. The van der Waals surface area contributed by atoms with Gasteiger partial charge in [-0.15, -0.1) is 0 Å². The van der Waals surface area contributed by atoms with E-state index in [-0.39, 0.29) is 16.1 Å². The van der Waals surface area contributed by atoms with E-state index in [1.807, 2.05) is 6.92 Å². The van der Waals surface area contributed by atoms with Crippen LogP contribution in [0.25, 0.3) is 0 Å². The van der Waals surface area contributed by atoms with E-state index in [4.69, 9.17) is 5.73 Å². The van der Waals surface area contributed by atoms with Crippen LogP contribution in [-0.4, -0.2) is 25.8 Å². The minimum atomic E-state index is -3.63. The maximum absolute atomic E-state index is 13.5. The van der Waals surface area contributed by atoms with E-state index >= 15 is 0 Å². The summed E-state index contributed by atoms with van der Waals surface area (Å²) >= 11 is 0. The van der Waals surface area contributed by atoms with Gasteiger partial charge in [0.2, 0.25) is 10.0 Å². The summed E-state index contributed by atoms with van der Waals surface area (Å²) in [4.78, 5) is 0.127. The van der Waals surface area contributed by atoms with E-state index in [0.717, 1.165) is 6.42 Å². The van der Waals surface area contributed by atoms with Crippen LogP contribution in [0.5, 0.6) is 0 Å². The molecule has 0 radical (unpaired) electrons. The Bertz CT molecular complexity index is 570. The van der Waals surface area contributed by atoms with Gasteiger partial charge in [-0.3, -0.25) is 0 Å². The van der Waals surface area contributed by atoms with E-state index in [9.17, 15) is 12.8 Å². The molecule has 0 saturated carbocycles. The molecule has 1 aromatic carbocycles. The third-order valence-corrected chi connectivity index (χ3v) is 5.39. The summed E-state index contributed by atoms with van der Waals surface area (Å²) in [5, 5.41) is 0. The van der Waals surface area contributed by atoms with Crippen molar-refractivity contribution in [2.45, 2.75) is 39.0 Å². The molecule has 0 aliphatic heterocycles. The summed E-state index contributed by atoms with van der Waals surface area (Å²) in [5.74, 6) is -0.576. The first-order valence-corrected chi connectivity index (χ1v) is 7.76. The molecule has 0 unspecified atom stereocenters. The summed E-state index contributed by atoms with van der Waals surface area (Å²) in [6.45, 7) is 7.64. The quantitative estimate of drug-likeness (QED) is 0.846. The summed E-state index contributed by atoms with van der Waals surface area (Å²) in [7, 11) is -3.63. The van der Waals surface area contributed by atoms with E-state index in [0.29, 0.717) is 18.7 Å². The molecule has 0 aliphatic carbocycles. The van der Waals surface area contributed by atoms with E-state index in [1.54, 1.807) is 13.8 Å². The second kappa shape index (κ2) is 5.88. The van der Waals surface area contributed by atoms with Crippen LogP contribution >= 0.6 is 0 Å². The molecule has 0 bridgehead atoms. The number of halogens is 1. The lowest BCUT2D eigenvalue weighted by molar-refractivity contribution is 0.426. The van der Waals surface area contributed by atoms with Crippen LogP contribution in [0.3, 0.4) is 0 Å². The van der Waals surface area contributed by atoms with Crippen molar-refractivity contribution in [3.63, 3.8) is 0 Å². The zero-order valence-corrected chi connectivity index (χ0v) is 12.6. The van der Waals surface area contributed by atoms with Crippen LogP contribution in [0.15, 0.2) is 11.0 Å². The van der Waals surface area contributed by atoms with Crippen molar-refractivity contribution in [1.29, 1.82) is 0 Å². The number of nitrogens with zero attached hydrogens (tertiary/aromatic N) is 1. The SMILES string of the molecule is CCCN(CC)S(=O)(=O)c1c(C)cc(F)c(N)c1C. The Morgan fingerprint density at radius 2 is 1.89 bits per heavy atom. The molecule has 19 heavy (non-hydrogen) atoms. The van der Waals surface area contributed by atoms with Gasteiger partial charge in [0.05, 0.1) is 10.6 Å². The molecule has 0 saturated heterocycles. The molecule has 108 valence electrons. The number of nitrogens with two attached hydrogens (primary N) is 1. The topological polar surface area (TPSA) is 63.4 Å². The highest BCUT2D eigenvalue weighted by molar-refractivity contribution is 7.89. The molecule has 0 amide bonds. The molecule has 0 heterocycles. The molecule has 0 aliphatic rings. The van der Waals surface area contributed by atoms with Crippen LogP contribution in [0.1, 0.15) is 31.4 Å². The summed E-state index contributed by atoms with van der Waals surface area (Å²) < 4.78 is 40.1. The average molecular weight is 288 g/mol. The van der Waals surface area contributed by atoms with E-state index in [2.05, 4.69) is 0 Å². The number of nitrogen functional groups attached to an aromatic ring is 1. The van der Waals surface area contributed by atoms with Gasteiger partial charge in [-0.1, -0.05) is 13.8 Å². The Hall–Kier alpha value is -1.14. The Labute approximate surface area is 114 Å². The standard InChI is InChI=1S/C13H21FN2O2S/c1-5-7-16(6-2)19(17,18)13-9(3)8-11(14)12(15)10(13)4/h8H,5-7,15H2,1-4H3. The van der Waals surface area contributed by atoms with Crippen LogP contribution in [-0.2, 0) is 10.0 Å².